The van der Waals surface area contributed by atoms with Gasteiger partial charge in [0.2, 0.25) is 5.91 Å². The van der Waals surface area contributed by atoms with E-state index in [9.17, 15) is 9.59 Å². The standard InChI is InChI=1S/C22H25ClN2O3/c1-15(26)24(3)11-4-12-25-21-10-9-20(28-16(2)27)13-18(21)6-5-17-7-8-19(23)14-22(17)25/h7-10,13-14H,4-6,11-12H2,1-3H3. The van der Waals surface area contributed by atoms with Crippen LogP contribution in [0.4, 0.5) is 11.4 Å². The topological polar surface area (TPSA) is 49.9 Å². The summed E-state index contributed by atoms with van der Waals surface area (Å²) in [6.45, 7) is 4.42. The SMILES string of the molecule is CC(=O)Oc1ccc2c(c1)CCc1ccc(Cl)cc1N2CCCN(C)C(C)=O. The van der Waals surface area contributed by atoms with Crippen LogP contribution < -0.4 is 9.64 Å². The molecule has 3 rings (SSSR count). The Hall–Kier alpha value is -2.53. The molecule has 28 heavy (non-hydrogen) atoms. The number of fused-ring (bicyclic) bond motifs is 2. The molecule has 0 saturated carbocycles. The van der Waals surface area contributed by atoms with Crippen molar-refractivity contribution in [2.45, 2.75) is 33.1 Å². The van der Waals surface area contributed by atoms with E-state index in [-0.39, 0.29) is 11.9 Å². The molecular weight excluding hydrogens is 376 g/mol. The summed E-state index contributed by atoms with van der Waals surface area (Å²) in [5, 5.41) is 0.699. The summed E-state index contributed by atoms with van der Waals surface area (Å²) >= 11 is 6.29. The summed E-state index contributed by atoms with van der Waals surface area (Å²) in [7, 11) is 1.81. The largest absolute Gasteiger partial charge is 0.427 e. The minimum absolute atomic E-state index is 0.0609. The van der Waals surface area contributed by atoms with E-state index >= 15 is 0 Å². The smallest absolute Gasteiger partial charge is 0.308 e. The number of ether oxygens (including phenoxy) is 1. The molecule has 0 radical (unpaired) electrons. The molecule has 0 saturated heterocycles. The number of carbonyl (C=O) groups is 2. The predicted molar refractivity (Wildman–Crippen MR) is 112 cm³/mol. The van der Waals surface area contributed by atoms with Crippen LogP contribution in [0.5, 0.6) is 5.75 Å². The van der Waals surface area contributed by atoms with Crippen molar-refractivity contribution in [2.24, 2.45) is 0 Å². The number of esters is 1. The van der Waals surface area contributed by atoms with E-state index in [4.69, 9.17) is 16.3 Å². The third-order valence-electron chi connectivity index (χ3n) is 5.02. The van der Waals surface area contributed by atoms with Gasteiger partial charge in [0.15, 0.2) is 0 Å². The van der Waals surface area contributed by atoms with Gasteiger partial charge in [0.05, 0.1) is 0 Å². The number of nitrogens with zero attached hydrogens (tertiary/aromatic N) is 2. The molecule has 1 heterocycles. The van der Waals surface area contributed by atoms with Crippen molar-refractivity contribution in [1.29, 1.82) is 0 Å². The molecule has 0 unspecified atom stereocenters. The third-order valence-corrected chi connectivity index (χ3v) is 5.25. The maximum absolute atomic E-state index is 11.5. The Balaban J connectivity index is 1.94. The van der Waals surface area contributed by atoms with Gasteiger partial charge in [-0.25, -0.2) is 0 Å². The molecule has 0 bridgehead atoms. The van der Waals surface area contributed by atoms with Crippen LogP contribution in [0.15, 0.2) is 36.4 Å². The lowest BCUT2D eigenvalue weighted by Crippen LogP contribution is -2.28. The van der Waals surface area contributed by atoms with E-state index in [1.165, 1.54) is 12.5 Å². The number of halogens is 1. The highest BCUT2D eigenvalue weighted by Gasteiger charge is 2.22. The van der Waals surface area contributed by atoms with Crippen LogP contribution >= 0.6 is 11.6 Å². The molecule has 5 nitrogen and oxygen atoms in total. The summed E-state index contributed by atoms with van der Waals surface area (Å²) in [4.78, 5) is 26.8. The first kappa shape index (κ1) is 20.2. The van der Waals surface area contributed by atoms with Gasteiger partial charge in [-0.05, 0) is 60.7 Å². The van der Waals surface area contributed by atoms with Crippen molar-refractivity contribution >= 4 is 34.9 Å². The highest BCUT2D eigenvalue weighted by molar-refractivity contribution is 6.30. The van der Waals surface area contributed by atoms with E-state index in [1.807, 2.05) is 37.4 Å². The minimum Gasteiger partial charge on any atom is -0.427 e. The Morgan fingerprint density at radius 2 is 1.82 bits per heavy atom. The normalized spacial score (nSPS) is 12.6. The second-order valence-electron chi connectivity index (χ2n) is 7.10. The molecule has 0 N–H and O–H groups in total. The lowest BCUT2D eigenvalue weighted by Gasteiger charge is -2.28. The number of benzene rings is 2. The van der Waals surface area contributed by atoms with Crippen LogP contribution in [0.3, 0.4) is 0 Å². The van der Waals surface area contributed by atoms with Crippen LogP contribution in [0, 0.1) is 0 Å². The second kappa shape index (κ2) is 8.65. The zero-order valence-electron chi connectivity index (χ0n) is 16.5. The van der Waals surface area contributed by atoms with Crippen LogP contribution in [0.25, 0.3) is 0 Å². The Morgan fingerprint density at radius 1 is 1.07 bits per heavy atom. The summed E-state index contributed by atoms with van der Waals surface area (Å²) in [6, 6.07) is 11.8. The van der Waals surface area contributed by atoms with E-state index in [1.54, 1.807) is 11.8 Å². The fourth-order valence-electron chi connectivity index (χ4n) is 3.52. The Labute approximate surface area is 170 Å². The van der Waals surface area contributed by atoms with Gasteiger partial charge in [0.25, 0.3) is 0 Å². The molecule has 1 aliphatic heterocycles. The molecule has 0 aromatic heterocycles. The number of rotatable bonds is 5. The molecule has 1 aliphatic rings. The molecule has 6 heteroatoms. The van der Waals surface area contributed by atoms with Crippen molar-refractivity contribution in [2.75, 3.05) is 25.0 Å². The van der Waals surface area contributed by atoms with E-state index in [2.05, 4.69) is 11.0 Å². The summed E-state index contributed by atoms with van der Waals surface area (Å²) in [5.74, 6) is 0.296. The Kier molecular flexibility index (Phi) is 6.25. The maximum Gasteiger partial charge on any atom is 0.308 e. The highest BCUT2D eigenvalue weighted by atomic mass is 35.5. The zero-order chi connectivity index (χ0) is 20.3. The van der Waals surface area contributed by atoms with E-state index in [0.717, 1.165) is 42.7 Å². The predicted octanol–water partition coefficient (Wildman–Crippen LogP) is 4.37. The number of hydrogen-bond acceptors (Lipinski definition) is 4. The molecule has 0 spiro atoms. The van der Waals surface area contributed by atoms with Crippen molar-refractivity contribution in [1.82, 2.24) is 4.90 Å². The first-order valence-electron chi connectivity index (χ1n) is 9.44. The fourth-order valence-corrected chi connectivity index (χ4v) is 3.68. The minimum atomic E-state index is -0.326. The summed E-state index contributed by atoms with van der Waals surface area (Å²) in [6.07, 6.45) is 2.56. The first-order chi connectivity index (χ1) is 13.3. The van der Waals surface area contributed by atoms with Crippen molar-refractivity contribution in [3.8, 4) is 5.75 Å². The molecule has 0 aliphatic carbocycles. The van der Waals surface area contributed by atoms with Crippen molar-refractivity contribution in [3.05, 3.63) is 52.5 Å². The van der Waals surface area contributed by atoms with Crippen LogP contribution in [0.2, 0.25) is 5.02 Å². The van der Waals surface area contributed by atoms with Gasteiger partial charge in [0.1, 0.15) is 5.75 Å². The van der Waals surface area contributed by atoms with Gasteiger partial charge in [-0.1, -0.05) is 17.7 Å². The summed E-state index contributed by atoms with van der Waals surface area (Å²) < 4.78 is 5.27. The van der Waals surface area contributed by atoms with Gasteiger partial charge in [0, 0.05) is 50.4 Å². The van der Waals surface area contributed by atoms with Crippen molar-refractivity contribution < 1.29 is 14.3 Å². The van der Waals surface area contributed by atoms with Gasteiger partial charge in [-0.15, -0.1) is 0 Å². The van der Waals surface area contributed by atoms with Gasteiger partial charge in [-0.2, -0.15) is 0 Å². The molecule has 1 amide bonds. The number of anilines is 2. The van der Waals surface area contributed by atoms with Crippen molar-refractivity contribution in [3.63, 3.8) is 0 Å². The van der Waals surface area contributed by atoms with E-state index < -0.39 is 0 Å². The molecule has 2 aromatic carbocycles. The number of amides is 1. The summed E-state index contributed by atoms with van der Waals surface area (Å²) in [5.41, 5.74) is 4.54. The van der Waals surface area contributed by atoms with Gasteiger partial charge >= 0.3 is 5.97 Å². The van der Waals surface area contributed by atoms with E-state index in [0.29, 0.717) is 17.3 Å². The Morgan fingerprint density at radius 3 is 2.54 bits per heavy atom. The van der Waals surface area contributed by atoms with Crippen LogP contribution in [-0.2, 0) is 22.4 Å². The lowest BCUT2D eigenvalue weighted by atomic mass is 10.0. The fraction of sp³-hybridized carbons (Fsp3) is 0.364. The van der Waals surface area contributed by atoms with Crippen LogP contribution in [-0.4, -0.2) is 36.9 Å². The monoisotopic (exact) mass is 400 g/mol. The second-order valence-corrected chi connectivity index (χ2v) is 7.54. The highest BCUT2D eigenvalue weighted by Crippen LogP contribution is 2.39. The number of carbonyl (C=O) groups excluding carboxylic acids is 2. The van der Waals surface area contributed by atoms with Crippen LogP contribution in [0.1, 0.15) is 31.4 Å². The first-order valence-corrected chi connectivity index (χ1v) is 9.82. The number of aryl methyl sites for hydroxylation is 2. The average molecular weight is 401 g/mol. The number of hydrogen-bond donors (Lipinski definition) is 0. The molecule has 0 atom stereocenters. The Bertz CT molecular complexity index is 897. The maximum atomic E-state index is 11.5. The molecule has 0 fully saturated rings. The molecule has 2 aromatic rings. The molecular formula is C22H25ClN2O3. The van der Waals surface area contributed by atoms with Gasteiger partial charge < -0.3 is 14.5 Å². The quantitative estimate of drug-likeness (QED) is 0.552. The zero-order valence-corrected chi connectivity index (χ0v) is 17.3. The third kappa shape index (κ3) is 4.65. The molecule has 148 valence electrons. The average Bonchev–Trinajstić information content (AvgIpc) is 2.78. The lowest BCUT2D eigenvalue weighted by molar-refractivity contribution is -0.132. The van der Waals surface area contributed by atoms with Gasteiger partial charge in [-0.3, -0.25) is 9.59 Å².